The van der Waals surface area contributed by atoms with Crippen LogP contribution in [-0.2, 0) is 13.1 Å². The molecule has 0 bridgehead atoms. The molecule has 3 aromatic rings. The molecule has 0 unspecified atom stereocenters. The minimum Gasteiger partial charge on any atom is -0.399 e. The molecule has 3 N–H and O–H groups in total. The molecule has 0 saturated heterocycles. The Bertz CT molecular complexity index is 743. The van der Waals surface area contributed by atoms with Gasteiger partial charge in [0.05, 0.1) is 17.6 Å². The van der Waals surface area contributed by atoms with Crippen LogP contribution in [0.4, 0.5) is 5.69 Å². The SMILES string of the molecule is Nc1ccc2nc(CN(Cc3cccs3)C3CC3)[nH]c2c1. The average Bonchev–Trinajstić information content (AvgIpc) is 3.04. The first kappa shape index (κ1) is 12.9. The number of H-pyrrole nitrogens is 1. The molecule has 5 heteroatoms. The molecular weight excluding hydrogens is 280 g/mol. The van der Waals surface area contributed by atoms with Crippen LogP contribution in [0.1, 0.15) is 23.5 Å². The third-order valence-corrected chi connectivity index (χ3v) is 4.77. The van der Waals surface area contributed by atoms with E-state index in [-0.39, 0.29) is 0 Å². The molecule has 1 aromatic carbocycles. The van der Waals surface area contributed by atoms with Crippen LogP contribution < -0.4 is 5.73 Å². The summed E-state index contributed by atoms with van der Waals surface area (Å²) in [6.07, 6.45) is 2.61. The lowest BCUT2D eigenvalue weighted by Crippen LogP contribution is -2.25. The summed E-state index contributed by atoms with van der Waals surface area (Å²) in [6.45, 7) is 1.89. The molecule has 1 aliphatic rings. The van der Waals surface area contributed by atoms with Crippen LogP contribution in [0.15, 0.2) is 35.7 Å². The average molecular weight is 298 g/mol. The number of nitrogens with one attached hydrogen (secondary N) is 1. The zero-order valence-electron chi connectivity index (χ0n) is 11.7. The minimum absolute atomic E-state index is 0.713. The second kappa shape index (κ2) is 5.16. The summed E-state index contributed by atoms with van der Waals surface area (Å²) in [4.78, 5) is 12.0. The highest BCUT2D eigenvalue weighted by Crippen LogP contribution is 2.30. The van der Waals surface area contributed by atoms with Gasteiger partial charge >= 0.3 is 0 Å². The lowest BCUT2D eigenvalue weighted by Gasteiger charge is -2.19. The second-order valence-corrected chi connectivity index (χ2v) is 6.71. The molecule has 4 rings (SSSR count). The maximum Gasteiger partial charge on any atom is 0.121 e. The van der Waals surface area contributed by atoms with Crippen LogP contribution in [0.3, 0.4) is 0 Å². The number of nitrogen functional groups attached to an aromatic ring is 1. The first-order valence-electron chi connectivity index (χ1n) is 7.28. The Kier molecular flexibility index (Phi) is 3.16. The number of rotatable bonds is 5. The van der Waals surface area contributed by atoms with Crippen molar-refractivity contribution in [3.63, 3.8) is 0 Å². The number of thiophene rings is 1. The molecule has 21 heavy (non-hydrogen) atoms. The quantitative estimate of drug-likeness (QED) is 0.710. The van der Waals surface area contributed by atoms with Crippen molar-refractivity contribution in [1.82, 2.24) is 14.9 Å². The van der Waals surface area contributed by atoms with Gasteiger partial charge in [-0.05, 0) is 42.5 Å². The molecule has 0 radical (unpaired) electrons. The largest absolute Gasteiger partial charge is 0.399 e. The van der Waals surface area contributed by atoms with Crippen LogP contribution in [0.25, 0.3) is 11.0 Å². The van der Waals surface area contributed by atoms with Gasteiger partial charge in [0.1, 0.15) is 5.82 Å². The Balaban J connectivity index is 1.56. The number of nitrogens with zero attached hydrogens (tertiary/aromatic N) is 2. The van der Waals surface area contributed by atoms with Crippen molar-refractivity contribution >= 4 is 28.1 Å². The third-order valence-electron chi connectivity index (χ3n) is 3.91. The van der Waals surface area contributed by atoms with Crippen LogP contribution in [0.5, 0.6) is 0 Å². The van der Waals surface area contributed by atoms with E-state index in [2.05, 4.69) is 32.4 Å². The Morgan fingerprint density at radius 3 is 2.95 bits per heavy atom. The lowest BCUT2D eigenvalue weighted by molar-refractivity contribution is 0.242. The number of anilines is 1. The summed E-state index contributed by atoms with van der Waals surface area (Å²) in [5, 5.41) is 2.14. The first-order valence-corrected chi connectivity index (χ1v) is 8.16. The van der Waals surface area contributed by atoms with E-state index < -0.39 is 0 Å². The van der Waals surface area contributed by atoms with E-state index >= 15 is 0 Å². The highest BCUT2D eigenvalue weighted by Gasteiger charge is 2.29. The number of fused-ring (bicyclic) bond motifs is 1. The summed E-state index contributed by atoms with van der Waals surface area (Å²) >= 11 is 1.83. The highest BCUT2D eigenvalue weighted by atomic mass is 32.1. The lowest BCUT2D eigenvalue weighted by atomic mass is 10.3. The predicted octanol–water partition coefficient (Wildman–Crippen LogP) is 3.37. The third kappa shape index (κ3) is 2.80. The van der Waals surface area contributed by atoms with Crippen molar-refractivity contribution in [2.75, 3.05) is 5.73 Å². The van der Waals surface area contributed by atoms with Gasteiger partial charge in [0.15, 0.2) is 0 Å². The van der Waals surface area contributed by atoms with Gasteiger partial charge in [-0.1, -0.05) is 6.07 Å². The normalized spacial score (nSPS) is 15.1. The Hall–Kier alpha value is -1.85. The molecular formula is C16H18N4S. The van der Waals surface area contributed by atoms with E-state index in [1.807, 2.05) is 29.5 Å². The van der Waals surface area contributed by atoms with Gasteiger partial charge in [-0.15, -0.1) is 11.3 Å². The number of hydrogen-bond acceptors (Lipinski definition) is 4. The van der Waals surface area contributed by atoms with Crippen molar-refractivity contribution < 1.29 is 0 Å². The summed E-state index contributed by atoms with van der Waals surface area (Å²) in [6, 6.07) is 10.9. The van der Waals surface area contributed by atoms with Gasteiger partial charge in [-0.3, -0.25) is 4.90 Å². The molecule has 0 amide bonds. The zero-order chi connectivity index (χ0) is 14.2. The first-order chi connectivity index (χ1) is 10.3. The van der Waals surface area contributed by atoms with Gasteiger partial charge in [-0.25, -0.2) is 4.98 Å². The predicted molar refractivity (Wildman–Crippen MR) is 87.1 cm³/mol. The van der Waals surface area contributed by atoms with E-state index in [1.54, 1.807) is 0 Å². The standard InChI is InChI=1S/C16H18N4S/c17-11-3-6-14-15(8-11)19-16(18-14)10-20(12-4-5-12)9-13-2-1-7-21-13/h1-3,6-8,12H,4-5,9-10,17H2,(H,18,19). The van der Waals surface area contributed by atoms with E-state index in [0.29, 0.717) is 6.04 Å². The van der Waals surface area contributed by atoms with Gasteiger partial charge in [-0.2, -0.15) is 0 Å². The molecule has 108 valence electrons. The fourth-order valence-electron chi connectivity index (χ4n) is 2.70. The Morgan fingerprint density at radius 2 is 2.19 bits per heavy atom. The van der Waals surface area contributed by atoms with E-state index in [9.17, 15) is 0 Å². The van der Waals surface area contributed by atoms with Crippen molar-refractivity contribution in [3.8, 4) is 0 Å². The van der Waals surface area contributed by atoms with Gasteiger partial charge in [0.25, 0.3) is 0 Å². The molecule has 1 aliphatic carbocycles. The summed E-state index contributed by atoms with van der Waals surface area (Å²) in [7, 11) is 0. The fraction of sp³-hybridized carbons (Fsp3) is 0.312. The second-order valence-electron chi connectivity index (χ2n) is 5.68. The summed E-state index contributed by atoms with van der Waals surface area (Å²) in [5.41, 5.74) is 8.62. The summed E-state index contributed by atoms with van der Waals surface area (Å²) in [5.74, 6) is 1.03. The number of aromatic amines is 1. The summed E-state index contributed by atoms with van der Waals surface area (Å²) < 4.78 is 0. The Labute approximate surface area is 127 Å². The van der Waals surface area contributed by atoms with Crippen molar-refractivity contribution in [2.45, 2.75) is 32.0 Å². The van der Waals surface area contributed by atoms with Crippen LogP contribution in [-0.4, -0.2) is 20.9 Å². The molecule has 1 saturated carbocycles. The maximum atomic E-state index is 5.83. The van der Waals surface area contributed by atoms with Gasteiger partial charge in [0.2, 0.25) is 0 Å². The fourth-order valence-corrected chi connectivity index (χ4v) is 3.43. The van der Waals surface area contributed by atoms with E-state index in [4.69, 9.17) is 5.73 Å². The minimum atomic E-state index is 0.713. The molecule has 0 atom stereocenters. The molecule has 1 fully saturated rings. The highest BCUT2D eigenvalue weighted by molar-refractivity contribution is 7.09. The molecule has 2 heterocycles. The van der Waals surface area contributed by atoms with Gasteiger partial charge < -0.3 is 10.7 Å². The number of aromatic nitrogens is 2. The monoisotopic (exact) mass is 298 g/mol. The zero-order valence-corrected chi connectivity index (χ0v) is 12.6. The Morgan fingerprint density at radius 1 is 1.29 bits per heavy atom. The van der Waals surface area contributed by atoms with Crippen molar-refractivity contribution in [2.24, 2.45) is 0 Å². The molecule has 4 nitrogen and oxygen atoms in total. The smallest absolute Gasteiger partial charge is 0.121 e. The topological polar surface area (TPSA) is 57.9 Å². The number of benzene rings is 1. The van der Waals surface area contributed by atoms with E-state index in [1.165, 1.54) is 17.7 Å². The van der Waals surface area contributed by atoms with Gasteiger partial charge in [0, 0.05) is 23.2 Å². The molecule has 0 aliphatic heterocycles. The molecule has 0 spiro atoms. The number of nitrogens with two attached hydrogens (primary N) is 1. The van der Waals surface area contributed by atoms with Crippen LogP contribution >= 0.6 is 11.3 Å². The van der Waals surface area contributed by atoms with E-state index in [0.717, 1.165) is 35.6 Å². The van der Waals surface area contributed by atoms with Crippen LogP contribution in [0, 0.1) is 0 Å². The van der Waals surface area contributed by atoms with Crippen molar-refractivity contribution in [3.05, 3.63) is 46.4 Å². The number of imidazole rings is 1. The van der Waals surface area contributed by atoms with Crippen LogP contribution in [0.2, 0.25) is 0 Å². The molecule has 2 aromatic heterocycles. The van der Waals surface area contributed by atoms with Crippen molar-refractivity contribution in [1.29, 1.82) is 0 Å². The number of hydrogen-bond donors (Lipinski definition) is 2. The maximum absolute atomic E-state index is 5.83.